The topological polar surface area (TPSA) is 29.4 Å². The summed E-state index contributed by atoms with van der Waals surface area (Å²) in [5.41, 5.74) is 4.27. The van der Waals surface area contributed by atoms with Crippen molar-refractivity contribution in [3.8, 4) is 0 Å². The molecular weight excluding hydrogens is 258 g/mol. The molecule has 0 saturated heterocycles. The molecule has 0 unspecified atom stereocenters. The van der Waals surface area contributed by atoms with Gasteiger partial charge in [-0.25, -0.2) is 9.79 Å². The molecular formula is C19H19NO. The molecule has 2 heteroatoms. The summed E-state index contributed by atoms with van der Waals surface area (Å²) in [5, 5.41) is 0. The van der Waals surface area contributed by atoms with Crippen LogP contribution in [0.25, 0.3) is 11.6 Å². The maximum atomic E-state index is 9.89. The smallest absolute Gasteiger partial charge is 0.211 e. The summed E-state index contributed by atoms with van der Waals surface area (Å²) in [7, 11) is 0. The van der Waals surface area contributed by atoms with Crippen LogP contribution in [-0.2, 0) is 11.3 Å². The molecule has 0 N–H and O–H groups in total. The number of benzene rings is 2. The number of aliphatic imine (C=N–C) groups is 1. The van der Waals surface area contributed by atoms with E-state index in [2.05, 4.69) is 18.2 Å². The predicted octanol–water partition coefficient (Wildman–Crippen LogP) is 4.89. The molecule has 2 aromatic carbocycles. The Morgan fingerprint density at radius 3 is 2.43 bits per heavy atom. The molecule has 0 saturated carbocycles. The Balaban J connectivity index is 0.000000235. The number of nitrogens with zero attached hydrogens (tertiary/aromatic N) is 1. The molecule has 21 heavy (non-hydrogen) atoms. The Morgan fingerprint density at radius 1 is 1.19 bits per heavy atom. The summed E-state index contributed by atoms with van der Waals surface area (Å²) in [6.45, 7) is 9.81. The molecule has 2 rings (SSSR count). The highest BCUT2D eigenvalue weighted by Gasteiger charge is 1.95. The molecule has 0 aliphatic carbocycles. The van der Waals surface area contributed by atoms with E-state index >= 15 is 0 Å². The standard InChI is InChI=1S/C11H11NO.C8H8/c1-9(2)11-5-3-4-10(6-11)7-12-8-13;1-2-8-6-4-3-5-7-8/h3-6H,1,7H2,2H3;2-7H,1H2. The maximum absolute atomic E-state index is 9.89. The van der Waals surface area contributed by atoms with Gasteiger partial charge in [0.2, 0.25) is 6.08 Å². The number of carbonyl (C=O) groups excluding carboxylic acids is 1. The first-order valence-corrected chi connectivity index (χ1v) is 6.63. The van der Waals surface area contributed by atoms with E-state index in [-0.39, 0.29) is 0 Å². The molecule has 0 aliphatic heterocycles. The van der Waals surface area contributed by atoms with Gasteiger partial charge in [-0.3, -0.25) is 0 Å². The third-order valence-corrected chi connectivity index (χ3v) is 2.78. The third-order valence-electron chi connectivity index (χ3n) is 2.78. The maximum Gasteiger partial charge on any atom is 0.235 e. The molecule has 0 radical (unpaired) electrons. The van der Waals surface area contributed by atoms with Crippen LogP contribution in [0.5, 0.6) is 0 Å². The van der Waals surface area contributed by atoms with Crippen molar-refractivity contribution in [2.75, 3.05) is 0 Å². The average Bonchev–Trinajstić information content (AvgIpc) is 2.54. The molecule has 0 heterocycles. The van der Waals surface area contributed by atoms with Crippen molar-refractivity contribution in [3.63, 3.8) is 0 Å². The minimum atomic E-state index is 0.393. The van der Waals surface area contributed by atoms with Gasteiger partial charge < -0.3 is 0 Å². The second kappa shape index (κ2) is 9.24. The highest BCUT2D eigenvalue weighted by atomic mass is 16.1. The van der Waals surface area contributed by atoms with E-state index in [0.717, 1.165) is 16.7 Å². The van der Waals surface area contributed by atoms with Crippen LogP contribution in [0.2, 0.25) is 0 Å². The second-order valence-corrected chi connectivity index (χ2v) is 4.50. The Morgan fingerprint density at radius 2 is 1.90 bits per heavy atom. The van der Waals surface area contributed by atoms with Gasteiger partial charge in [-0.15, -0.1) is 0 Å². The molecule has 0 spiro atoms. The largest absolute Gasteiger partial charge is 0.235 e. The van der Waals surface area contributed by atoms with Gasteiger partial charge in [0.05, 0.1) is 6.54 Å². The van der Waals surface area contributed by atoms with Gasteiger partial charge in [-0.05, 0) is 29.7 Å². The Bertz CT molecular complexity index is 638. The van der Waals surface area contributed by atoms with E-state index < -0.39 is 0 Å². The number of hydrogen-bond acceptors (Lipinski definition) is 2. The van der Waals surface area contributed by atoms with Gasteiger partial charge in [0.15, 0.2) is 0 Å². The number of hydrogen-bond donors (Lipinski definition) is 0. The first-order chi connectivity index (χ1) is 10.2. The number of allylic oxidation sites excluding steroid dienone is 1. The summed E-state index contributed by atoms with van der Waals surface area (Å²) in [6, 6.07) is 17.8. The number of isocyanates is 1. The van der Waals surface area contributed by atoms with Crippen LogP contribution >= 0.6 is 0 Å². The van der Waals surface area contributed by atoms with E-state index in [1.165, 1.54) is 11.6 Å². The van der Waals surface area contributed by atoms with Crippen LogP contribution in [0, 0.1) is 0 Å². The van der Waals surface area contributed by atoms with Crippen LogP contribution in [-0.4, -0.2) is 6.08 Å². The molecule has 0 bridgehead atoms. The Labute approximate surface area is 126 Å². The van der Waals surface area contributed by atoms with Crippen molar-refractivity contribution in [3.05, 3.63) is 84.4 Å². The zero-order valence-electron chi connectivity index (χ0n) is 12.3. The lowest BCUT2D eigenvalue weighted by atomic mass is 10.1. The molecule has 0 fully saturated rings. The fourth-order valence-corrected chi connectivity index (χ4v) is 1.65. The normalized spacial score (nSPS) is 8.81. The van der Waals surface area contributed by atoms with Crippen molar-refractivity contribution in [2.45, 2.75) is 13.5 Å². The van der Waals surface area contributed by atoms with E-state index in [9.17, 15) is 4.79 Å². The van der Waals surface area contributed by atoms with Crippen LogP contribution in [0.1, 0.15) is 23.6 Å². The Kier molecular flexibility index (Phi) is 7.20. The molecule has 0 atom stereocenters. The van der Waals surface area contributed by atoms with Crippen molar-refractivity contribution in [2.24, 2.45) is 4.99 Å². The molecule has 2 nitrogen and oxygen atoms in total. The van der Waals surface area contributed by atoms with Crippen molar-refractivity contribution < 1.29 is 4.79 Å². The SMILES string of the molecule is C=C(C)c1cccc(CN=C=O)c1.C=Cc1ccccc1. The van der Waals surface area contributed by atoms with Crippen molar-refractivity contribution >= 4 is 17.7 Å². The van der Waals surface area contributed by atoms with Crippen molar-refractivity contribution in [1.29, 1.82) is 0 Å². The summed E-state index contributed by atoms with van der Waals surface area (Å²) in [6.07, 6.45) is 3.35. The zero-order valence-corrected chi connectivity index (χ0v) is 12.3. The first-order valence-electron chi connectivity index (χ1n) is 6.63. The third kappa shape index (κ3) is 6.33. The van der Waals surface area contributed by atoms with E-state index in [1.54, 1.807) is 0 Å². The lowest BCUT2D eigenvalue weighted by molar-refractivity contribution is 0.563. The van der Waals surface area contributed by atoms with Gasteiger partial charge in [0, 0.05) is 0 Å². The minimum Gasteiger partial charge on any atom is -0.211 e. The van der Waals surface area contributed by atoms with Gasteiger partial charge in [-0.2, -0.15) is 0 Å². The van der Waals surface area contributed by atoms with Crippen LogP contribution in [0.4, 0.5) is 0 Å². The summed E-state index contributed by atoms with van der Waals surface area (Å²) >= 11 is 0. The summed E-state index contributed by atoms with van der Waals surface area (Å²) < 4.78 is 0. The monoisotopic (exact) mass is 277 g/mol. The molecule has 0 aromatic heterocycles. The summed E-state index contributed by atoms with van der Waals surface area (Å²) in [5.74, 6) is 0. The van der Waals surface area contributed by atoms with Gasteiger partial charge >= 0.3 is 0 Å². The quantitative estimate of drug-likeness (QED) is 0.578. The zero-order chi connectivity index (χ0) is 15.5. The Hall–Kier alpha value is -2.70. The van der Waals surface area contributed by atoms with Crippen LogP contribution < -0.4 is 0 Å². The first kappa shape index (κ1) is 16.4. The lowest BCUT2D eigenvalue weighted by Crippen LogP contribution is -1.84. The van der Waals surface area contributed by atoms with Gasteiger partial charge in [0.1, 0.15) is 0 Å². The fourth-order valence-electron chi connectivity index (χ4n) is 1.65. The molecule has 0 aliphatic rings. The van der Waals surface area contributed by atoms with Crippen LogP contribution in [0.15, 0.2) is 72.7 Å². The molecule has 2 aromatic rings. The van der Waals surface area contributed by atoms with E-state index in [0.29, 0.717) is 6.54 Å². The predicted molar refractivity (Wildman–Crippen MR) is 89.5 cm³/mol. The second-order valence-electron chi connectivity index (χ2n) is 4.50. The average molecular weight is 277 g/mol. The lowest BCUT2D eigenvalue weighted by Gasteiger charge is -2.01. The van der Waals surface area contributed by atoms with Crippen molar-refractivity contribution in [1.82, 2.24) is 0 Å². The highest BCUT2D eigenvalue weighted by Crippen LogP contribution is 2.13. The highest BCUT2D eigenvalue weighted by molar-refractivity contribution is 5.61. The number of rotatable bonds is 4. The summed E-state index contributed by atoms with van der Waals surface area (Å²) in [4.78, 5) is 13.4. The van der Waals surface area contributed by atoms with Crippen LogP contribution in [0.3, 0.4) is 0 Å². The minimum absolute atomic E-state index is 0.393. The molecule has 106 valence electrons. The molecule has 0 amide bonds. The van der Waals surface area contributed by atoms with Gasteiger partial charge in [0.25, 0.3) is 0 Å². The van der Waals surface area contributed by atoms with E-state index in [4.69, 9.17) is 0 Å². The van der Waals surface area contributed by atoms with E-state index in [1.807, 2.05) is 67.6 Å². The fraction of sp³-hybridized carbons (Fsp3) is 0.105. The van der Waals surface area contributed by atoms with Gasteiger partial charge in [-0.1, -0.05) is 73.3 Å².